The fraction of sp³-hybridized carbons (Fsp3) is 0.474. The number of amides is 3. The molecule has 1 aliphatic heterocycles. The normalized spacial score (nSPS) is 24.6. The summed E-state index contributed by atoms with van der Waals surface area (Å²) in [5.41, 5.74) is 0.130. The number of rotatable bonds is 6. The Balaban J connectivity index is 1.99. The van der Waals surface area contributed by atoms with Crippen LogP contribution in [0.15, 0.2) is 23.8 Å². The fourth-order valence-corrected chi connectivity index (χ4v) is 3.11. The Morgan fingerprint density at radius 2 is 2.15 bits per heavy atom. The molecule has 7 heteroatoms. The molecule has 0 aromatic rings. The highest BCUT2D eigenvalue weighted by atomic mass is 16.5. The standard InChI is InChI=1S/C19H21N3O4/c1-5-7-13(10-20)9-14-16(19(14,3)4)17(24)26-12-22-15(23)11-21(8-6-2)18(22)25/h2,5,7,9,14,16H,8,11-12H2,1,3-4H3/b7-5+,13-9-. The van der Waals surface area contributed by atoms with E-state index in [1.807, 2.05) is 20.8 Å². The van der Waals surface area contributed by atoms with Gasteiger partial charge in [0, 0.05) is 5.57 Å². The topological polar surface area (TPSA) is 90.7 Å². The van der Waals surface area contributed by atoms with Crippen molar-refractivity contribution < 1.29 is 19.1 Å². The number of terminal acetylenes is 1. The van der Waals surface area contributed by atoms with Gasteiger partial charge in [0.2, 0.25) is 0 Å². The predicted molar refractivity (Wildman–Crippen MR) is 92.9 cm³/mol. The highest BCUT2D eigenvalue weighted by Crippen LogP contribution is 2.59. The first kappa shape index (κ1) is 19.3. The third kappa shape index (κ3) is 3.62. The molecule has 2 atom stereocenters. The molecule has 2 rings (SSSR count). The van der Waals surface area contributed by atoms with Gasteiger partial charge < -0.3 is 9.64 Å². The summed E-state index contributed by atoms with van der Waals surface area (Å²) in [6, 6.07) is 1.52. The molecule has 2 fully saturated rings. The maximum absolute atomic E-state index is 12.4. The Bertz CT molecular complexity index is 767. The van der Waals surface area contributed by atoms with Gasteiger partial charge in [0.05, 0.1) is 18.5 Å². The van der Waals surface area contributed by atoms with Crippen molar-refractivity contribution in [3.05, 3.63) is 23.8 Å². The third-order valence-electron chi connectivity index (χ3n) is 4.75. The van der Waals surface area contributed by atoms with E-state index in [0.29, 0.717) is 5.57 Å². The number of carbonyl (C=O) groups excluding carboxylic acids is 3. The van der Waals surface area contributed by atoms with Gasteiger partial charge in [-0.3, -0.25) is 9.59 Å². The average Bonchev–Trinajstić information content (AvgIpc) is 3.02. The molecule has 0 spiro atoms. The first-order valence-corrected chi connectivity index (χ1v) is 8.21. The smallest absolute Gasteiger partial charge is 0.330 e. The zero-order valence-electron chi connectivity index (χ0n) is 15.1. The molecule has 26 heavy (non-hydrogen) atoms. The van der Waals surface area contributed by atoms with E-state index in [4.69, 9.17) is 16.4 Å². The van der Waals surface area contributed by atoms with E-state index < -0.39 is 30.6 Å². The Morgan fingerprint density at radius 1 is 1.46 bits per heavy atom. The molecular formula is C19H21N3O4. The number of hydrogen-bond acceptors (Lipinski definition) is 5. The van der Waals surface area contributed by atoms with E-state index in [2.05, 4.69) is 12.0 Å². The van der Waals surface area contributed by atoms with Crippen molar-refractivity contribution in [2.45, 2.75) is 20.8 Å². The number of urea groups is 1. The number of ether oxygens (including phenoxy) is 1. The molecule has 2 aliphatic rings. The highest BCUT2D eigenvalue weighted by Gasteiger charge is 2.61. The number of carbonyl (C=O) groups is 3. The van der Waals surface area contributed by atoms with Crippen LogP contribution in [0.2, 0.25) is 0 Å². The quantitative estimate of drug-likeness (QED) is 0.238. The van der Waals surface area contributed by atoms with Gasteiger partial charge in [-0.25, -0.2) is 9.69 Å². The summed E-state index contributed by atoms with van der Waals surface area (Å²) in [5.74, 6) is 0.795. The van der Waals surface area contributed by atoms with Crippen molar-refractivity contribution in [1.82, 2.24) is 9.80 Å². The summed E-state index contributed by atoms with van der Waals surface area (Å²) in [4.78, 5) is 38.4. The van der Waals surface area contributed by atoms with Crippen LogP contribution in [0.5, 0.6) is 0 Å². The maximum atomic E-state index is 12.4. The van der Waals surface area contributed by atoms with Crippen LogP contribution in [0.4, 0.5) is 4.79 Å². The van der Waals surface area contributed by atoms with Crippen LogP contribution < -0.4 is 0 Å². The van der Waals surface area contributed by atoms with Crippen LogP contribution >= 0.6 is 0 Å². The molecular weight excluding hydrogens is 334 g/mol. The highest BCUT2D eigenvalue weighted by molar-refractivity contribution is 6.02. The number of imide groups is 1. The molecule has 0 radical (unpaired) electrons. The van der Waals surface area contributed by atoms with Crippen LogP contribution in [0.1, 0.15) is 20.8 Å². The summed E-state index contributed by atoms with van der Waals surface area (Å²) >= 11 is 0. The Labute approximate surface area is 152 Å². The zero-order chi connectivity index (χ0) is 19.5. The van der Waals surface area contributed by atoms with Gasteiger partial charge in [0.25, 0.3) is 5.91 Å². The molecule has 0 bridgehead atoms. The van der Waals surface area contributed by atoms with Gasteiger partial charge in [-0.2, -0.15) is 5.26 Å². The summed E-state index contributed by atoms with van der Waals surface area (Å²) in [6.07, 6.45) is 10.3. The van der Waals surface area contributed by atoms with E-state index in [9.17, 15) is 14.4 Å². The molecule has 1 aliphatic carbocycles. The van der Waals surface area contributed by atoms with Gasteiger partial charge in [-0.15, -0.1) is 6.42 Å². The van der Waals surface area contributed by atoms with Crippen molar-refractivity contribution >= 4 is 17.9 Å². The van der Waals surface area contributed by atoms with Crippen LogP contribution in [0, 0.1) is 40.9 Å². The van der Waals surface area contributed by atoms with Gasteiger partial charge in [-0.05, 0) is 24.3 Å². The Kier molecular flexibility index (Phi) is 5.52. The number of allylic oxidation sites excluding steroid dienone is 4. The van der Waals surface area contributed by atoms with Crippen molar-refractivity contribution in [1.29, 1.82) is 5.26 Å². The van der Waals surface area contributed by atoms with Gasteiger partial charge in [0.1, 0.15) is 6.54 Å². The van der Waals surface area contributed by atoms with E-state index >= 15 is 0 Å². The minimum absolute atomic E-state index is 0.0272. The van der Waals surface area contributed by atoms with Crippen molar-refractivity contribution in [3.8, 4) is 18.4 Å². The molecule has 2 unspecified atom stereocenters. The average molecular weight is 355 g/mol. The molecule has 7 nitrogen and oxygen atoms in total. The van der Waals surface area contributed by atoms with Crippen LogP contribution in [-0.4, -0.2) is 47.5 Å². The second-order valence-electron chi connectivity index (χ2n) is 6.82. The summed E-state index contributed by atoms with van der Waals surface area (Å²) < 4.78 is 5.20. The predicted octanol–water partition coefficient (Wildman–Crippen LogP) is 1.68. The van der Waals surface area contributed by atoms with Crippen LogP contribution in [0.25, 0.3) is 0 Å². The summed E-state index contributed by atoms with van der Waals surface area (Å²) in [7, 11) is 0. The first-order valence-electron chi connectivity index (χ1n) is 8.21. The molecule has 1 saturated carbocycles. The lowest BCUT2D eigenvalue weighted by atomic mass is 10.1. The van der Waals surface area contributed by atoms with E-state index in [1.165, 1.54) is 4.90 Å². The largest absolute Gasteiger partial charge is 0.443 e. The lowest BCUT2D eigenvalue weighted by Crippen LogP contribution is -2.36. The number of hydrogen-bond donors (Lipinski definition) is 0. The lowest BCUT2D eigenvalue weighted by molar-refractivity contribution is -0.151. The monoisotopic (exact) mass is 355 g/mol. The molecule has 3 amide bonds. The zero-order valence-corrected chi connectivity index (χ0v) is 15.1. The number of esters is 1. The molecule has 0 aromatic carbocycles. The lowest BCUT2D eigenvalue weighted by Gasteiger charge is -2.15. The molecule has 0 N–H and O–H groups in total. The summed E-state index contributed by atoms with van der Waals surface area (Å²) in [6.45, 7) is 5.11. The van der Waals surface area contributed by atoms with E-state index in [0.717, 1.165) is 4.90 Å². The SMILES string of the molecule is C#CCN1CC(=O)N(COC(=O)C2C(/C=C(C#N)/C=C/C)C2(C)C)C1=O. The Hall–Kier alpha value is -3.06. The van der Waals surface area contributed by atoms with Gasteiger partial charge in [0.15, 0.2) is 6.73 Å². The molecule has 136 valence electrons. The van der Waals surface area contributed by atoms with E-state index in [1.54, 1.807) is 18.2 Å². The minimum atomic E-state index is -0.563. The van der Waals surface area contributed by atoms with Crippen molar-refractivity contribution in [3.63, 3.8) is 0 Å². The van der Waals surface area contributed by atoms with Gasteiger partial charge >= 0.3 is 12.0 Å². The van der Waals surface area contributed by atoms with Crippen LogP contribution in [0.3, 0.4) is 0 Å². The van der Waals surface area contributed by atoms with Crippen LogP contribution in [-0.2, 0) is 14.3 Å². The molecule has 1 heterocycles. The van der Waals surface area contributed by atoms with Crippen molar-refractivity contribution in [2.24, 2.45) is 17.3 Å². The maximum Gasteiger partial charge on any atom is 0.330 e. The fourth-order valence-electron chi connectivity index (χ4n) is 3.11. The number of nitrogens with zero attached hydrogens (tertiary/aromatic N) is 3. The summed E-state index contributed by atoms with van der Waals surface area (Å²) in [5, 5.41) is 9.12. The Morgan fingerprint density at radius 3 is 2.73 bits per heavy atom. The van der Waals surface area contributed by atoms with E-state index in [-0.39, 0.29) is 24.4 Å². The number of nitriles is 1. The second-order valence-corrected chi connectivity index (χ2v) is 6.82. The van der Waals surface area contributed by atoms with Gasteiger partial charge in [-0.1, -0.05) is 31.9 Å². The first-order chi connectivity index (χ1) is 12.3. The second kappa shape index (κ2) is 7.45. The molecule has 0 aromatic heterocycles. The third-order valence-corrected chi connectivity index (χ3v) is 4.75. The molecule has 1 saturated heterocycles. The minimum Gasteiger partial charge on any atom is -0.443 e. The van der Waals surface area contributed by atoms with Crippen molar-refractivity contribution in [2.75, 3.05) is 19.8 Å².